The van der Waals surface area contributed by atoms with E-state index < -0.39 is 0 Å². The van der Waals surface area contributed by atoms with Gasteiger partial charge in [0.1, 0.15) is 5.76 Å². The van der Waals surface area contributed by atoms with Crippen LogP contribution in [-0.4, -0.2) is 11.0 Å². The first-order valence-electron chi connectivity index (χ1n) is 5.38. The highest BCUT2D eigenvalue weighted by Crippen LogP contribution is 2.32. The van der Waals surface area contributed by atoms with Gasteiger partial charge in [0.15, 0.2) is 0 Å². The van der Waals surface area contributed by atoms with Crippen LogP contribution in [-0.2, 0) is 4.74 Å². The minimum Gasteiger partial charge on any atom is -0.422 e. The number of fused-ring (bicyclic) bond motifs is 1. The Morgan fingerprint density at radius 1 is 1.22 bits per heavy atom. The summed E-state index contributed by atoms with van der Waals surface area (Å²) in [5.41, 5.74) is 2.12. The molecule has 1 aliphatic heterocycles. The van der Waals surface area contributed by atoms with Gasteiger partial charge < -0.3 is 4.74 Å². The number of rotatable bonds is 1. The van der Waals surface area contributed by atoms with Gasteiger partial charge in [0, 0.05) is 23.0 Å². The van der Waals surface area contributed by atoms with E-state index in [9.17, 15) is 4.79 Å². The minimum atomic E-state index is -0.350. The van der Waals surface area contributed by atoms with Gasteiger partial charge in [0.25, 0.3) is 0 Å². The number of hydrogen-bond acceptors (Lipinski definition) is 3. The number of carbonyl (C=O) groups excluding carboxylic acids is 1. The second kappa shape index (κ2) is 4.27. The normalized spacial score (nSPS) is 15.6. The lowest BCUT2D eigenvalue weighted by molar-refractivity contribution is 0.0717. The molecule has 0 radical (unpaired) electrons. The van der Waals surface area contributed by atoms with E-state index in [1.165, 1.54) is 0 Å². The predicted molar refractivity (Wildman–Crippen MR) is 69.0 cm³/mol. The van der Waals surface area contributed by atoms with Gasteiger partial charge in [0.05, 0.1) is 5.56 Å². The van der Waals surface area contributed by atoms with E-state index >= 15 is 0 Å². The van der Waals surface area contributed by atoms with E-state index in [0.29, 0.717) is 16.3 Å². The number of ether oxygens (including phenoxy) is 1. The van der Waals surface area contributed by atoms with Crippen molar-refractivity contribution in [1.82, 2.24) is 4.98 Å². The quantitative estimate of drug-likeness (QED) is 0.735. The van der Waals surface area contributed by atoms with E-state index in [1.54, 1.807) is 36.7 Å². The Hall–Kier alpha value is -2.13. The van der Waals surface area contributed by atoms with Crippen molar-refractivity contribution in [2.75, 3.05) is 0 Å². The highest BCUT2D eigenvalue weighted by molar-refractivity contribution is 6.31. The first-order valence-corrected chi connectivity index (χ1v) is 5.76. The lowest BCUT2D eigenvalue weighted by Crippen LogP contribution is -1.92. The molecule has 1 aliphatic rings. The lowest BCUT2D eigenvalue weighted by Gasteiger charge is -1.99. The smallest absolute Gasteiger partial charge is 0.344 e. The molecule has 3 rings (SSSR count). The van der Waals surface area contributed by atoms with Gasteiger partial charge in [0.2, 0.25) is 0 Å². The van der Waals surface area contributed by atoms with Crippen molar-refractivity contribution in [3.8, 4) is 0 Å². The van der Waals surface area contributed by atoms with E-state index in [-0.39, 0.29) is 5.97 Å². The molecule has 3 nitrogen and oxygen atoms in total. The SMILES string of the molecule is O=C1OC(=Cc2cccnc2)c2cc(Cl)ccc21. The van der Waals surface area contributed by atoms with Gasteiger partial charge in [-0.25, -0.2) is 4.79 Å². The first-order chi connectivity index (χ1) is 8.74. The number of aromatic nitrogens is 1. The van der Waals surface area contributed by atoms with Gasteiger partial charge >= 0.3 is 5.97 Å². The Kier molecular flexibility index (Phi) is 2.61. The lowest BCUT2D eigenvalue weighted by atomic mass is 10.1. The van der Waals surface area contributed by atoms with Crippen LogP contribution in [0.5, 0.6) is 0 Å². The Balaban J connectivity index is 2.10. The highest BCUT2D eigenvalue weighted by Gasteiger charge is 2.26. The second-order valence-corrected chi connectivity index (χ2v) is 4.31. The van der Waals surface area contributed by atoms with Crippen LogP contribution in [0.25, 0.3) is 11.8 Å². The third-order valence-corrected chi connectivity index (χ3v) is 2.89. The molecule has 0 bridgehead atoms. The number of benzene rings is 1. The fraction of sp³-hybridized carbons (Fsp3) is 0. The maximum absolute atomic E-state index is 11.7. The van der Waals surface area contributed by atoms with Crippen molar-refractivity contribution >= 4 is 29.4 Å². The summed E-state index contributed by atoms with van der Waals surface area (Å²) in [5, 5.41) is 0.573. The zero-order valence-corrected chi connectivity index (χ0v) is 10.0. The molecule has 88 valence electrons. The summed E-state index contributed by atoms with van der Waals surface area (Å²) in [7, 11) is 0. The number of halogens is 1. The molecular weight excluding hydrogens is 250 g/mol. The van der Waals surface area contributed by atoms with Crippen LogP contribution < -0.4 is 0 Å². The Morgan fingerprint density at radius 2 is 2.11 bits per heavy atom. The van der Waals surface area contributed by atoms with Crippen molar-refractivity contribution in [2.24, 2.45) is 0 Å². The van der Waals surface area contributed by atoms with Gasteiger partial charge in [-0.1, -0.05) is 17.7 Å². The van der Waals surface area contributed by atoms with Crippen LogP contribution in [0.2, 0.25) is 5.02 Å². The Labute approximate surface area is 109 Å². The number of esters is 1. The number of pyridine rings is 1. The van der Waals surface area contributed by atoms with E-state index in [1.807, 2.05) is 12.1 Å². The molecule has 0 saturated carbocycles. The molecule has 0 unspecified atom stereocenters. The average Bonchev–Trinajstić information content (AvgIpc) is 2.67. The summed E-state index contributed by atoms with van der Waals surface area (Å²) in [6.07, 6.45) is 5.16. The molecule has 0 amide bonds. The summed E-state index contributed by atoms with van der Waals surface area (Å²) in [4.78, 5) is 15.7. The number of cyclic esters (lactones) is 1. The molecule has 0 saturated heterocycles. The summed E-state index contributed by atoms with van der Waals surface area (Å²) in [6, 6.07) is 8.78. The zero-order valence-electron chi connectivity index (χ0n) is 9.26. The molecule has 1 aromatic carbocycles. The summed E-state index contributed by atoms with van der Waals surface area (Å²) in [6.45, 7) is 0. The van der Waals surface area contributed by atoms with Crippen LogP contribution in [0.3, 0.4) is 0 Å². The van der Waals surface area contributed by atoms with Crippen LogP contribution >= 0.6 is 11.6 Å². The van der Waals surface area contributed by atoms with E-state index in [4.69, 9.17) is 16.3 Å². The first kappa shape index (κ1) is 11.0. The predicted octanol–water partition coefficient (Wildman–Crippen LogP) is 3.40. The number of hydrogen-bond donors (Lipinski definition) is 0. The maximum atomic E-state index is 11.7. The second-order valence-electron chi connectivity index (χ2n) is 3.87. The molecule has 18 heavy (non-hydrogen) atoms. The summed E-state index contributed by atoms with van der Waals surface area (Å²) < 4.78 is 5.23. The largest absolute Gasteiger partial charge is 0.422 e. The van der Waals surface area contributed by atoms with Crippen molar-refractivity contribution in [3.05, 3.63) is 64.4 Å². The molecule has 4 heteroatoms. The van der Waals surface area contributed by atoms with Gasteiger partial charge in [-0.05, 0) is 35.9 Å². The zero-order chi connectivity index (χ0) is 12.5. The fourth-order valence-electron chi connectivity index (χ4n) is 1.83. The molecule has 0 fully saturated rings. The molecule has 2 aromatic rings. The molecule has 0 spiro atoms. The highest BCUT2D eigenvalue weighted by atomic mass is 35.5. The van der Waals surface area contributed by atoms with Crippen molar-refractivity contribution in [2.45, 2.75) is 0 Å². The number of carbonyl (C=O) groups is 1. The third kappa shape index (κ3) is 1.89. The topological polar surface area (TPSA) is 39.2 Å². The maximum Gasteiger partial charge on any atom is 0.344 e. The van der Waals surface area contributed by atoms with Crippen LogP contribution in [0.4, 0.5) is 0 Å². The van der Waals surface area contributed by atoms with Crippen molar-refractivity contribution in [1.29, 1.82) is 0 Å². The molecule has 0 aliphatic carbocycles. The summed E-state index contributed by atoms with van der Waals surface area (Å²) >= 11 is 5.93. The molecule has 0 atom stereocenters. The molecule has 1 aromatic heterocycles. The standard InChI is InChI=1S/C14H8ClNO2/c15-10-3-4-11-12(7-10)13(18-14(11)17)6-9-2-1-5-16-8-9/h1-8H. The van der Waals surface area contributed by atoms with Crippen molar-refractivity contribution < 1.29 is 9.53 Å². The monoisotopic (exact) mass is 257 g/mol. The van der Waals surface area contributed by atoms with Crippen LogP contribution in [0.15, 0.2) is 42.7 Å². The van der Waals surface area contributed by atoms with Crippen LogP contribution in [0.1, 0.15) is 21.5 Å². The van der Waals surface area contributed by atoms with Gasteiger partial charge in [-0.15, -0.1) is 0 Å². The molecule has 2 heterocycles. The van der Waals surface area contributed by atoms with Crippen LogP contribution in [0, 0.1) is 0 Å². The molecule has 0 N–H and O–H groups in total. The Bertz CT molecular complexity index is 650. The van der Waals surface area contributed by atoms with E-state index in [2.05, 4.69) is 4.98 Å². The summed E-state index contributed by atoms with van der Waals surface area (Å²) in [5.74, 6) is 0.155. The minimum absolute atomic E-state index is 0.350. The average molecular weight is 258 g/mol. The number of nitrogens with zero attached hydrogens (tertiary/aromatic N) is 1. The Morgan fingerprint density at radius 3 is 2.89 bits per heavy atom. The fourth-order valence-corrected chi connectivity index (χ4v) is 2.00. The van der Waals surface area contributed by atoms with Gasteiger partial charge in [-0.3, -0.25) is 4.98 Å². The van der Waals surface area contributed by atoms with E-state index in [0.717, 1.165) is 11.1 Å². The van der Waals surface area contributed by atoms with Crippen molar-refractivity contribution in [3.63, 3.8) is 0 Å². The molecular formula is C14H8ClNO2. The van der Waals surface area contributed by atoms with Gasteiger partial charge in [-0.2, -0.15) is 0 Å². The third-order valence-electron chi connectivity index (χ3n) is 2.65.